The predicted octanol–water partition coefficient (Wildman–Crippen LogP) is 1.84. The Balaban J connectivity index is 2.31. The van der Waals surface area contributed by atoms with Gasteiger partial charge in [-0.2, -0.15) is 0 Å². The summed E-state index contributed by atoms with van der Waals surface area (Å²) in [5.74, 6) is 0.795. The molecule has 0 saturated carbocycles. The maximum absolute atomic E-state index is 5.49. The Morgan fingerprint density at radius 3 is 3.00 bits per heavy atom. The van der Waals surface area contributed by atoms with Gasteiger partial charge in [-0.25, -0.2) is 4.98 Å². The molecule has 1 heterocycles. The second-order valence-electron chi connectivity index (χ2n) is 3.10. The van der Waals surface area contributed by atoms with E-state index >= 15 is 0 Å². The summed E-state index contributed by atoms with van der Waals surface area (Å²) in [5.41, 5.74) is 7.77. The number of aromatic nitrogens is 1. The molecule has 0 atom stereocenters. The lowest BCUT2D eigenvalue weighted by Gasteiger charge is -2.00. The third-order valence-corrected chi connectivity index (χ3v) is 2.08. The largest absolute Gasteiger partial charge is 0.444 e. The Bertz CT molecular complexity index is 395. The summed E-state index contributed by atoms with van der Waals surface area (Å²) < 4.78 is 5.21. The van der Waals surface area contributed by atoms with Gasteiger partial charge < -0.3 is 10.2 Å². The molecule has 0 saturated heterocycles. The van der Waals surface area contributed by atoms with Crippen LogP contribution in [0.15, 0.2) is 41.3 Å². The third-order valence-electron chi connectivity index (χ3n) is 2.08. The Morgan fingerprint density at radius 2 is 2.29 bits per heavy atom. The molecule has 3 nitrogen and oxygen atoms in total. The zero-order valence-electron chi connectivity index (χ0n) is 7.81. The number of hydrogen-bond donors (Lipinski definition) is 1. The van der Waals surface area contributed by atoms with Crippen LogP contribution < -0.4 is 5.73 Å². The number of rotatable bonds is 3. The molecule has 0 bridgehead atoms. The summed E-state index contributed by atoms with van der Waals surface area (Å²) in [6.07, 6.45) is 4.04. The Kier molecular flexibility index (Phi) is 2.60. The van der Waals surface area contributed by atoms with Gasteiger partial charge in [0.2, 0.25) is 0 Å². The van der Waals surface area contributed by atoms with Gasteiger partial charge in [-0.15, -0.1) is 0 Å². The molecule has 0 amide bonds. The Hall–Kier alpha value is -1.61. The van der Waals surface area contributed by atoms with Crippen LogP contribution in [-0.2, 0) is 6.42 Å². The van der Waals surface area contributed by atoms with Gasteiger partial charge in [-0.3, -0.25) is 0 Å². The maximum atomic E-state index is 5.49. The Morgan fingerprint density at radius 1 is 1.36 bits per heavy atom. The van der Waals surface area contributed by atoms with Crippen molar-refractivity contribution in [2.75, 3.05) is 6.54 Å². The van der Waals surface area contributed by atoms with E-state index in [9.17, 15) is 0 Å². The molecule has 2 rings (SSSR count). The molecule has 2 N–H and O–H groups in total. The molecule has 0 radical (unpaired) electrons. The van der Waals surface area contributed by atoms with Crippen LogP contribution in [0.3, 0.4) is 0 Å². The number of oxazole rings is 1. The van der Waals surface area contributed by atoms with Gasteiger partial charge in [0.1, 0.15) is 0 Å². The fourth-order valence-electron chi connectivity index (χ4n) is 1.41. The van der Waals surface area contributed by atoms with Crippen LogP contribution in [0.4, 0.5) is 0 Å². The summed E-state index contributed by atoms with van der Waals surface area (Å²) in [6, 6.07) is 8.14. The van der Waals surface area contributed by atoms with Gasteiger partial charge in [-0.05, 0) is 24.6 Å². The zero-order valence-corrected chi connectivity index (χ0v) is 7.81. The van der Waals surface area contributed by atoms with Crippen molar-refractivity contribution in [2.24, 2.45) is 5.73 Å². The van der Waals surface area contributed by atoms with Gasteiger partial charge in [-0.1, -0.05) is 18.2 Å². The van der Waals surface area contributed by atoms with Crippen molar-refractivity contribution in [3.8, 4) is 11.3 Å². The second kappa shape index (κ2) is 4.07. The van der Waals surface area contributed by atoms with Gasteiger partial charge >= 0.3 is 0 Å². The summed E-state index contributed by atoms with van der Waals surface area (Å²) in [5, 5.41) is 0. The van der Waals surface area contributed by atoms with Crippen molar-refractivity contribution in [2.45, 2.75) is 6.42 Å². The molecular formula is C11H12N2O. The molecule has 2 aromatic rings. The fraction of sp³-hybridized carbons (Fsp3) is 0.182. The highest BCUT2D eigenvalue weighted by Crippen LogP contribution is 2.19. The van der Waals surface area contributed by atoms with E-state index in [0.717, 1.165) is 17.7 Å². The van der Waals surface area contributed by atoms with Gasteiger partial charge in [0, 0.05) is 5.56 Å². The normalized spacial score (nSPS) is 10.4. The molecule has 0 fully saturated rings. The minimum atomic E-state index is 0.667. The molecule has 0 aliphatic heterocycles. The fourth-order valence-corrected chi connectivity index (χ4v) is 1.41. The van der Waals surface area contributed by atoms with Crippen LogP contribution in [0.2, 0.25) is 0 Å². The van der Waals surface area contributed by atoms with E-state index in [2.05, 4.69) is 17.1 Å². The molecule has 0 aliphatic rings. The van der Waals surface area contributed by atoms with E-state index < -0.39 is 0 Å². The van der Waals surface area contributed by atoms with Crippen LogP contribution in [0.25, 0.3) is 11.3 Å². The molecule has 72 valence electrons. The van der Waals surface area contributed by atoms with Crippen molar-refractivity contribution < 1.29 is 4.42 Å². The van der Waals surface area contributed by atoms with E-state index in [-0.39, 0.29) is 0 Å². The number of nitrogens with two attached hydrogens (primary N) is 1. The molecule has 1 aromatic heterocycles. The topological polar surface area (TPSA) is 52.0 Å². The molecule has 14 heavy (non-hydrogen) atoms. The highest BCUT2D eigenvalue weighted by atomic mass is 16.3. The SMILES string of the molecule is NCCc1cccc(-c2cnco2)c1. The Labute approximate surface area is 82.6 Å². The highest BCUT2D eigenvalue weighted by Gasteiger charge is 2.01. The summed E-state index contributed by atoms with van der Waals surface area (Å²) in [4.78, 5) is 3.88. The van der Waals surface area contributed by atoms with Gasteiger partial charge in [0.25, 0.3) is 0 Å². The van der Waals surface area contributed by atoms with E-state index in [1.54, 1.807) is 6.20 Å². The predicted molar refractivity (Wildman–Crippen MR) is 54.7 cm³/mol. The average molecular weight is 188 g/mol. The quantitative estimate of drug-likeness (QED) is 0.799. The monoisotopic (exact) mass is 188 g/mol. The van der Waals surface area contributed by atoms with E-state index in [1.807, 2.05) is 12.1 Å². The smallest absolute Gasteiger partial charge is 0.181 e. The minimum Gasteiger partial charge on any atom is -0.444 e. The van der Waals surface area contributed by atoms with Crippen molar-refractivity contribution >= 4 is 0 Å². The van der Waals surface area contributed by atoms with Crippen molar-refractivity contribution in [1.82, 2.24) is 4.98 Å². The number of benzene rings is 1. The molecule has 3 heteroatoms. The summed E-state index contributed by atoms with van der Waals surface area (Å²) in [6.45, 7) is 0.667. The van der Waals surface area contributed by atoms with Crippen LogP contribution in [-0.4, -0.2) is 11.5 Å². The second-order valence-corrected chi connectivity index (χ2v) is 3.10. The molecule has 1 aromatic carbocycles. The first-order chi connectivity index (χ1) is 6.90. The maximum Gasteiger partial charge on any atom is 0.181 e. The van der Waals surface area contributed by atoms with Gasteiger partial charge in [0.15, 0.2) is 12.2 Å². The van der Waals surface area contributed by atoms with Crippen LogP contribution in [0.5, 0.6) is 0 Å². The third kappa shape index (κ3) is 1.83. The number of hydrogen-bond acceptors (Lipinski definition) is 3. The van der Waals surface area contributed by atoms with E-state index in [0.29, 0.717) is 6.54 Å². The molecule has 0 unspecified atom stereocenters. The van der Waals surface area contributed by atoms with E-state index in [1.165, 1.54) is 12.0 Å². The molecule has 0 spiro atoms. The average Bonchev–Trinajstić information content (AvgIpc) is 2.71. The first kappa shape index (κ1) is 8.97. The van der Waals surface area contributed by atoms with Crippen LogP contribution in [0, 0.1) is 0 Å². The van der Waals surface area contributed by atoms with Gasteiger partial charge in [0.05, 0.1) is 6.20 Å². The minimum absolute atomic E-state index is 0.667. The lowest BCUT2D eigenvalue weighted by molar-refractivity contribution is 0.572. The van der Waals surface area contributed by atoms with Crippen molar-refractivity contribution in [3.05, 3.63) is 42.4 Å². The standard InChI is InChI=1S/C11H12N2O/c12-5-4-9-2-1-3-10(6-9)11-7-13-8-14-11/h1-3,6-8H,4-5,12H2. The molecular weight excluding hydrogens is 176 g/mol. The highest BCUT2D eigenvalue weighted by molar-refractivity contribution is 5.57. The first-order valence-corrected chi connectivity index (χ1v) is 4.58. The summed E-state index contributed by atoms with van der Waals surface area (Å²) >= 11 is 0. The van der Waals surface area contributed by atoms with Crippen LogP contribution in [0.1, 0.15) is 5.56 Å². The first-order valence-electron chi connectivity index (χ1n) is 4.58. The number of nitrogens with zero attached hydrogens (tertiary/aromatic N) is 1. The van der Waals surface area contributed by atoms with Crippen molar-refractivity contribution in [1.29, 1.82) is 0 Å². The summed E-state index contributed by atoms with van der Waals surface area (Å²) in [7, 11) is 0. The lowest BCUT2D eigenvalue weighted by atomic mass is 10.1. The van der Waals surface area contributed by atoms with E-state index in [4.69, 9.17) is 10.2 Å². The van der Waals surface area contributed by atoms with Crippen molar-refractivity contribution in [3.63, 3.8) is 0 Å². The zero-order chi connectivity index (χ0) is 9.80. The van der Waals surface area contributed by atoms with Crippen LogP contribution >= 0.6 is 0 Å². The lowest BCUT2D eigenvalue weighted by Crippen LogP contribution is -2.02. The molecule has 0 aliphatic carbocycles.